The number of fused-ring (bicyclic) bond motifs is 1. The smallest absolute Gasteiger partial charge is 0.348 e. The number of carbonyl (C=O) groups is 4. The lowest BCUT2D eigenvalue weighted by Gasteiger charge is -2.40. The van der Waals surface area contributed by atoms with Crippen LogP contribution < -0.4 is 16.2 Å². The molecular formula is C22H13B5ClF2N3O4. The van der Waals surface area contributed by atoms with Crippen LogP contribution in [0.25, 0.3) is 0 Å². The summed E-state index contributed by atoms with van der Waals surface area (Å²) in [6, 6.07) is 4.77. The van der Waals surface area contributed by atoms with E-state index in [0.29, 0.717) is 5.56 Å². The summed E-state index contributed by atoms with van der Waals surface area (Å²) in [7, 11) is 29.0. The third-order valence-electron chi connectivity index (χ3n) is 6.38. The van der Waals surface area contributed by atoms with Gasteiger partial charge in [0.05, 0.1) is 15.7 Å². The zero-order valence-electron chi connectivity index (χ0n) is 19.1. The monoisotopic (exact) mass is 511 g/mol. The number of amides is 4. The van der Waals surface area contributed by atoms with Gasteiger partial charge in [-0.15, -0.1) is 0 Å². The van der Waals surface area contributed by atoms with Gasteiger partial charge in [0.2, 0.25) is 19.8 Å². The molecule has 0 aliphatic carbocycles. The Hall–Kier alpha value is -3.01. The van der Waals surface area contributed by atoms with Crippen LogP contribution in [0.1, 0.15) is 39.9 Å². The molecule has 1 atom stereocenters. The van der Waals surface area contributed by atoms with E-state index in [9.17, 15) is 19.2 Å². The fourth-order valence-electron chi connectivity index (χ4n) is 4.27. The van der Waals surface area contributed by atoms with Gasteiger partial charge in [0, 0.05) is 29.1 Å². The van der Waals surface area contributed by atoms with Crippen LogP contribution in [0.3, 0.4) is 0 Å². The highest BCUT2D eigenvalue weighted by Gasteiger charge is 2.47. The molecule has 10 radical (unpaired) electrons. The van der Waals surface area contributed by atoms with Gasteiger partial charge in [-0.2, -0.15) is 8.78 Å². The first kappa shape index (κ1) is 27.0. The summed E-state index contributed by atoms with van der Waals surface area (Å²) in [6.45, 7) is -0.0420. The summed E-state index contributed by atoms with van der Waals surface area (Å²) in [5.74, 6) is -7.77. The SMILES string of the molecule is [B]c1cc(C(F)(F)C(=O)N([B])C([B])([B])c2ccc3c(c2)CN(C2CCC(=O)NC2=O)C3=O)c([B])cc1Cl. The van der Waals surface area contributed by atoms with Gasteiger partial charge in [-0.25, -0.2) is 0 Å². The van der Waals surface area contributed by atoms with Crippen molar-refractivity contribution in [2.45, 2.75) is 36.7 Å². The fraction of sp³-hybridized carbons (Fsp3) is 0.273. The number of halogens is 3. The van der Waals surface area contributed by atoms with E-state index in [1.165, 1.54) is 23.1 Å². The highest BCUT2D eigenvalue weighted by Crippen LogP contribution is 2.35. The maximum absolute atomic E-state index is 15.1. The molecule has 2 heterocycles. The van der Waals surface area contributed by atoms with Crippen molar-refractivity contribution < 1.29 is 28.0 Å². The third kappa shape index (κ3) is 4.60. The molecule has 0 spiro atoms. The van der Waals surface area contributed by atoms with Gasteiger partial charge in [-0.3, -0.25) is 24.5 Å². The average molecular weight is 511 g/mol. The van der Waals surface area contributed by atoms with Gasteiger partial charge in [0.1, 0.15) is 21.7 Å². The maximum atomic E-state index is 15.1. The van der Waals surface area contributed by atoms with Crippen molar-refractivity contribution in [1.82, 2.24) is 15.0 Å². The number of hydrogen-bond acceptors (Lipinski definition) is 4. The average Bonchev–Trinajstić information content (AvgIpc) is 3.15. The minimum absolute atomic E-state index is 0.0340. The molecular weight excluding hydrogens is 498 g/mol. The molecule has 2 aliphatic heterocycles. The fourth-order valence-corrected chi connectivity index (χ4v) is 4.45. The topological polar surface area (TPSA) is 86.8 Å². The molecule has 2 aromatic carbocycles. The molecule has 15 heteroatoms. The summed E-state index contributed by atoms with van der Waals surface area (Å²) in [5.41, 5.74) is -1.17. The van der Waals surface area contributed by atoms with Crippen molar-refractivity contribution in [1.29, 1.82) is 0 Å². The predicted molar refractivity (Wildman–Crippen MR) is 134 cm³/mol. The second kappa shape index (κ2) is 9.38. The Bertz CT molecular complexity index is 1360. The van der Waals surface area contributed by atoms with E-state index in [-0.39, 0.29) is 45.8 Å². The molecule has 2 aromatic rings. The lowest BCUT2D eigenvalue weighted by molar-refractivity contribution is -0.155. The molecule has 1 saturated heterocycles. The molecule has 0 saturated carbocycles. The number of benzene rings is 2. The zero-order valence-corrected chi connectivity index (χ0v) is 19.9. The van der Waals surface area contributed by atoms with Gasteiger partial charge >= 0.3 is 5.92 Å². The number of carbonyl (C=O) groups excluding carboxylic acids is 4. The van der Waals surface area contributed by atoms with Crippen LogP contribution in [0.5, 0.6) is 0 Å². The van der Waals surface area contributed by atoms with E-state index < -0.39 is 52.0 Å². The van der Waals surface area contributed by atoms with E-state index >= 15 is 8.78 Å². The van der Waals surface area contributed by atoms with Crippen molar-refractivity contribution in [3.05, 3.63) is 57.6 Å². The minimum Gasteiger partial charge on any atom is -0.398 e. The molecule has 4 amide bonds. The second-order valence-electron chi connectivity index (χ2n) is 8.81. The molecule has 176 valence electrons. The number of alkyl halides is 2. The summed E-state index contributed by atoms with van der Waals surface area (Å²) >= 11 is 5.79. The minimum atomic E-state index is -4.28. The Morgan fingerprint density at radius 3 is 2.43 bits per heavy atom. The molecule has 1 unspecified atom stereocenters. The Morgan fingerprint density at radius 2 is 1.78 bits per heavy atom. The van der Waals surface area contributed by atoms with Gasteiger partial charge in [-0.05, 0) is 29.0 Å². The second-order valence-corrected chi connectivity index (χ2v) is 9.21. The Morgan fingerprint density at radius 1 is 1.11 bits per heavy atom. The van der Waals surface area contributed by atoms with Gasteiger partial charge in [-0.1, -0.05) is 46.8 Å². The van der Waals surface area contributed by atoms with E-state index in [0.717, 1.165) is 12.1 Å². The van der Waals surface area contributed by atoms with Gasteiger partial charge in [0.25, 0.3) is 11.8 Å². The summed E-state index contributed by atoms with van der Waals surface area (Å²) in [4.78, 5) is 50.6. The van der Waals surface area contributed by atoms with Crippen molar-refractivity contribution >= 4 is 85.5 Å². The van der Waals surface area contributed by atoms with E-state index in [1.54, 1.807) is 0 Å². The normalized spacial score (nSPS) is 18.0. The molecule has 0 aromatic heterocycles. The number of imide groups is 1. The molecule has 1 N–H and O–H groups in total. The predicted octanol–water partition coefficient (Wildman–Crippen LogP) is -1.16. The third-order valence-corrected chi connectivity index (χ3v) is 6.71. The molecule has 37 heavy (non-hydrogen) atoms. The van der Waals surface area contributed by atoms with Crippen LogP contribution in [0.2, 0.25) is 5.02 Å². The Balaban J connectivity index is 1.60. The number of nitrogens with one attached hydrogen (secondary N) is 1. The van der Waals surface area contributed by atoms with Crippen LogP contribution in [0, 0.1) is 0 Å². The highest BCUT2D eigenvalue weighted by molar-refractivity contribution is 6.47. The Labute approximate surface area is 222 Å². The van der Waals surface area contributed by atoms with Crippen molar-refractivity contribution in [3.8, 4) is 0 Å². The summed E-state index contributed by atoms with van der Waals surface area (Å²) in [6.07, 6.45) is 0.214. The first-order valence-corrected chi connectivity index (χ1v) is 11.2. The highest BCUT2D eigenvalue weighted by atomic mass is 35.5. The lowest BCUT2D eigenvalue weighted by Crippen LogP contribution is -2.54. The maximum Gasteiger partial charge on any atom is 0.348 e. The van der Waals surface area contributed by atoms with Crippen LogP contribution in [-0.4, -0.2) is 78.7 Å². The van der Waals surface area contributed by atoms with Crippen LogP contribution in [-0.2, 0) is 32.2 Å². The van der Waals surface area contributed by atoms with E-state index in [2.05, 4.69) is 5.32 Å². The van der Waals surface area contributed by atoms with E-state index in [1.807, 2.05) is 0 Å². The number of piperidine rings is 1. The summed E-state index contributed by atoms with van der Waals surface area (Å²) < 4.78 is 30.3. The van der Waals surface area contributed by atoms with Gasteiger partial charge in [0.15, 0.2) is 0 Å². The van der Waals surface area contributed by atoms with E-state index in [4.69, 9.17) is 51.0 Å². The number of hydrogen-bond donors (Lipinski definition) is 1. The first-order chi connectivity index (χ1) is 17.2. The standard InChI is InChI=1S/C22H13B5ClF2N3O4/c23-13-7-15(28)14(24)6-12(13)21(29,30)20(37)33(27)22(25,26)10-1-2-11-9(5-10)8-32(19(11)36)16-3-4-17(34)31-18(16)35/h1-2,5-7,16H,3-4,8H2,(H,31,34,35). The lowest BCUT2D eigenvalue weighted by atomic mass is 9.55. The largest absolute Gasteiger partial charge is 0.398 e. The summed E-state index contributed by atoms with van der Waals surface area (Å²) in [5, 5.41) is -0.347. The zero-order chi connectivity index (χ0) is 27.4. The van der Waals surface area contributed by atoms with Crippen LogP contribution in [0.4, 0.5) is 8.78 Å². The molecule has 7 nitrogen and oxygen atoms in total. The molecule has 0 bridgehead atoms. The van der Waals surface area contributed by atoms with Crippen molar-refractivity contribution in [3.63, 3.8) is 0 Å². The Kier molecular flexibility index (Phi) is 6.86. The van der Waals surface area contributed by atoms with Crippen LogP contribution in [0.15, 0.2) is 30.3 Å². The van der Waals surface area contributed by atoms with Crippen LogP contribution >= 0.6 is 11.6 Å². The van der Waals surface area contributed by atoms with Gasteiger partial charge < -0.3 is 9.71 Å². The first-order valence-electron chi connectivity index (χ1n) is 10.8. The number of rotatable bonds is 5. The number of nitrogens with zero attached hydrogens (tertiary/aromatic N) is 2. The molecule has 2 aliphatic rings. The molecule has 4 rings (SSSR count). The van der Waals surface area contributed by atoms with Crippen molar-refractivity contribution in [2.75, 3.05) is 0 Å². The molecule has 1 fully saturated rings. The quantitative estimate of drug-likeness (QED) is 0.406. The van der Waals surface area contributed by atoms with Crippen molar-refractivity contribution in [2.24, 2.45) is 0 Å².